The van der Waals surface area contributed by atoms with Crippen LogP contribution < -0.4 is 0 Å². The summed E-state index contributed by atoms with van der Waals surface area (Å²) < 4.78 is 0. The molecule has 0 spiro atoms. The summed E-state index contributed by atoms with van der Waals surface area (Å²) in [5, 5.41) is 0. The minimum Gasteiger partial charge on any atom is -0.0919 e. The van der Waals surface area contributed by atoms with Gasteiger partial charge < -0.3 is 0 Å². The second kappa shape index (κ2) is 37.4. The predicted molar refractivity (Wildman–Crippen MR) is 52.4 cm³/mol. The lowest BCUT2D eigenvalue weighted by Crippen LogP contribution is -1.47. The standard InChI is InChI=1S/C4H10.C4H8.C2H6/c2*1-3-4-2;1-2/h3-4H2,1-2H3;3-4H,1-2H3;1-2H3/b;4-3-;. The van der Waals surface area contributed by atoms with Gasteiger partial charge in [0.15, 0.2) is 0 Å². The van der Waals surface area contributed by atoms with Gasteiger partial charge in [0.1, 0.15) is 0 Å². The highest BCUT2D eigenvalue weighted by atomic mass is 13.6. The fraction of sp³-hybridized carbons (Fsp3) is 0.800. The fourth-order valence-electron chi connectivity index (χ4n) is 0. The Morgan fingerprint density at radius 3 is 1.00 bits per heavy atom. The molecule has 0 bridgehead atoms. The Hall–Kier alpha value is -0.260. The van der Waals surface area contributed by atoms with Crippen molar-refractivity contribution >= 4 is 0 Å². The van der Waals surface area contributed by atoms with Gasteiger partial charge in [0.25, 0.3) is 0 Å². The average molecular weight is 144 g/mol. The molecule has 0 aromatic heterocycles. The van der Waals surface area contributed by atoms with Crippen molar-refractivity contribution in [1.29, 1.82) is 0 Å². The van der Waals surface area contributed by atoms with Crippen molar-refractivity contribution in [1.82, 2.24) is 0 Å². The first-order valence-corrected chi connectivity index (χ1v) is 4.40. The molecule has 0 amide bonds. The van der Waals surface area contributed by atoms with Crippen LogP contribution in [0.15, 0.2) is 12.2 Å². The first kappa shape index (κ1) is 16.4. The van der Waals surface area contributed by atoms with Crippen molar-refractivity contribution in [3.05, 3.63) is 12.2 Å². The van der Waals surface area contributed by atoms with Crippen molar-refractivity contribution in [2.45, 2.75) is 54.4 Å². The summed E-state index contributed by atoms with van der Waals surface area (Å²) in [5.74, 6) is 0. The van der Waals surface area contributed by atoms with Crippen molar-refractivity contribution in [2.24, 2.45) is 0 Å². The zero-order valence-electron chi connectivity index (χ0n) is 8.57. The number of hydrogen-bond acceptors (Lipinski definition) is 0. The molecular weight excluding hydrogens is 120 g/mol. The Bertz CT molecular complexity index is 29.3. The van der Waals surface area contributed by atoms with Crippen LogP contribution in [0.5, 0.6) is 0 Å². The molecule has 0 rings (SSSR count). The quantitative estimate of drug-likeness (QED) is 0.478. The van der Waals surface area contributed by atoms with E-state index in [0.717, 1.165) is 0 Å². The molecule has 0 nitrogen and oxygen atoms in total. The summed E-state index contributed by atoms with van der Waals surface area (Å²) >= 11 is 0. The molecule has 64 valence electrons. The second-order valence-corrected chi connectivity index (χ2v) is 1.67. The van der Waals surface area contributed by atoms with Crippen molar-refractivity contribution in [3.63, 3.8) is 0 Å². The topological polar surface area (TPSA) is 0 Å². The lowest BCUT2D eigenvalue weighted by Gasteiger charge is -1.68. The molecular formula is C10H24. The minimum atomic E-state index is 1.32. The van der Waals surface area contributed by atoms with E-state index < -0.39 is 0 Å². The van der Waals surface area contributed by atoms with Crippen LogP contribution in [0.4, 0.5) is 0 Å². The molecule has 0 heteroatoms. The first-order chi connectivity index (χ1) is 4.83. The van der Waals surface area contributed by atoms with E-state index in [1.807, 2.05) is 39.8 Å². The molecule has 10 heavy (non-hydrogen) atoms. The molecule has 0 fully saturated rings. The Morgan fingerprint density at radius 1 is 0.800 bits per heavy atom. The molecule has 0 aromatic rings. The predicted octanol–water partition coefficient (Wildman–Crippen LogP) is 4.42. The Balaban J connectivity index is -0.0000000787. The van der Waals surface area contributed by atoms with Crippen molar-refractivity contribution < 1.29 is 0 Å². The largest absolute Gasteiger partial charge is 0.0919 e. The third kappa shape index (κ3) is 116. The van der Waals surface area contributed by atoms with Gasteiger partial charge in [-0.2, -0.15) is 0 Å². The van der Waals surface area contributed by atoms with Gasteiger partial charge in [0.2, 0.25) is 0 Å². The van der Waals surface area contributed by atoms with E-state index >= 15 is 0 Å². The fourth-order valence-corrected chi connectivity index (χ4v) is 0. The van der Waals surface area contributed by atoms with Crippen LogP contribution in [0, 0.1) is 0 Å². The molecule has 0 unspecified atom stereocenters. The molecule has 0 saturated carbocycles. The molecule has 0 heterocycles. The molecule has 0 aliphatic carbocycles. The molecule has 0 saturated heterocycles. The van der Waals surface area contributed by atoms with Crippen LogP contribution in [0.25, 0.3) is 0 Å². The van der Waals surface area contributed by atoms with Gasteiger partial charge in [-0.3, -0.25) is 0 Å². The number of rotatable bonds is 1. The Kier molecular flexibility index (Phi) is 61.3. The third-order valence-electron chi connectivity index (χ3n) is 0.833. The second-order valence-electron chi connectivity index (χ2n) is 1.67. The van der Waals surface area contributed by atoms with E-state index in [9.17, 15) is 0 Å². The molecule has 0 aliphatic heterocycles. The lowest BCUT2D eigenvalue weighted by atomic mass is 10.4. The highest BCUT2D eigenvalue weighted by Crippen LogP contribution is 1.76. The van der Waals surface area contributed by atoms with Gasteiger partial charge in [-0.1, -0.05) is 52.7 Å². The van der Waals surface area contributed by atoms with Gasteiger partial charge in [0.05, 0.1) is 0 Å². The zero-order chi connectivity index (χ0) is 8.83. The summed E-state index contributed by atoms with van der Waals surface area (Å²) in [6, 6.07) is 0. The average Bonchev–Trinajstić information content (AvgIpc) is 2.08. The Morgan fingerprint density at radius 2 is 1.00 bits per heavy atom. The highest BCUT2D eigenvalue weighted by Gasteiger charge is 1.56. The smallest absolute Gasteiger partial charge is 0.0470 e. The van der Waals surface area contributed by atoms with Crippen molar-refractivity contribution in [3.8, 4) is 0 Å². The maximum absolute atomic E-state index is 2.18. The van der Waals surface area contributed by atoms with Gasteiger partial charge >= 0.3 is 0 Å². The highest BCUT2D eigenvalue weighted by molar-refractivity contribution is 4.68. The maximum atomic E-state index is 2.18. The Labute approximate surface area is 67.3 Å². The van der Waals surface area contributed by atoms with Crippen LogP contribution in [0.1, 0.15) is 54.4 Å². The molecule has 0 aromatic carbocycles. The van der Waals surface area contributed by atoms with E-state index in [0.29, 0.717) is 0 Å². The van der Waals surface area contributed by atoms with E-state index in [1.165, 1.54) is 12.8 Å². The summed E-state index contributed by atoms with van der Waals surface area (Å²) in [6.45, 7) is 12.4. The van der Waals surface area contributed by atoms with Crippen LogP contribution in [-0.4, -0.2) is 0 Å². The molecule has 0 radical (unpaired) electrons. The van der Waals surface area contributed by atoms with E-state index in [4.69, 9.17) is 0 Å². The lowest BCUT2D eigenvalue weighted by molar-refractivity contribution is 0.886. The summed E-state index contributed by atoms with van der Waals surface area (Å²) in [5.41, 5.74) is 0. The molecule has 0 N–H and O–H groups in total. The first-order valence-electron chi connectivity index (χ1n) is 4.40. The minimum absolute atomic E-state index is 1.32. The molecule has 0 aliphatic rings. The van der Waals surface area contributed by atoms with Crippen LogP contribution in [0.3, 0.4) is 0 Å². The number of hydrogen-bond donors (Lipinski definition) is 0. The van der Waals surface area contributed by atoms with E-state index in [2.05, 4.69) is 13.8 Å². The third-order valence-corrected chi connectivity index (χ3v) is 0.833. The van der Waals surface area contributed by atoms with E-state index in [1.54, 1.807) is 0 Å². The van der Waals surface area contributed by atoms with Crippen LogP contribution in [0.2, 0.25) is 0 Å². The zero-order valence-corrected chi connectivity index (χ0v) is 8.57. The summed E-state index contributed by atoms with van der Waals surface area (Å²) in [7, 11) is 0. The summed E-state index contributed by atoms with van der Waals surface area (Å²) in [4.78, 5) is 0. The van der Waals surface area contributed by atoms with Crippen LogP contribution >= 0.6 is 0 Å². The van der Waals surface area contributed by atoms with Gasteiger partial charge in [-0.25, -0.2) is 0 Å². The number of unbranched alkanes of at least 4 members (excludes halogenated alkanes) is 1. The van der Waals surface area contributed by atoms with Gasteiger partial charge in [-0.05, 0) is 13.8 Å². The normalized spacial score (nSPS) is 7.40. The molecule has 0 atom stereocenters. The SMILES string of the molecule is C/C=C\C.CC.CCCC. The van der Waals surface area contributed by atoms with Crippen molar-refractivity contribution in [2.75, 3.05) is 0 Å². The monoisotopic (exact) mass is 144 g/mol. The number of allylic oxidation sites excluding steroid dienone is 2. The summed E-state index contributed by atoms with van der Waals surface area (Å²) in [6.07, 6.45) is 6.64. The van der Waals surface area contributed by atoms with Gasteiger partial charge in [-0.15, -0.1) is 0 Å². The maximum Gasteiger partial charge on any atom is -0.0470 e. The van der Waals surface area contributed by atoms with E-state index in [-0.39, 0.29) is 0 Å². The van der Waals surface area contributed by atoms with Crippen LogP contribution in [-0.2, 0) is 0 Å². The van der Waals surface area contributed by atoms with Gasteiger partial charge in [0, 0.05) is 0 Å².